The lowest BCUT2D eigenvalue weighted by atomic mass is 9.98. The number of aldehydes is 1. The Balaban J connectivity index is 2.57. The number of hydrogen-bond donors (Lipinski definition) is 0. The molecule has 2 rings (SSSR count). The molecule has 80 valence electrons. The van der Waals surface area contributed by atoms with E-state index in [0.717, 1.165) is 28.7 Å². The number of hydrogen-bond acceptors (Lipinski definition) is 2. The number of benzene rings is 1. The Morgan fingerprint density at radius 1 is 1.12 bits per heavy atom. The van der Waals surface area contributed by atoms with Gasteiger partial charge in [-0.15, -0.1) is 0 Å². The van der Waals surface area contributed by atoms with Crippen LogP contribution in [-0.2, 0) is 0 Å². The van der Waals surface area contributed by atoms with Gasteiger partial charge in [-0.25, -0.2) is 0 Å². The van der Waals surface area contributed by atoms with Crippen LogP contribution in [-0.4, -0.2) is 11.3 Å². The fourth-order valence-electron chi connectivity index (χ4n) is 1.83. The van der Waals surface area contributed by atoms with Crippen molar-refractivity contribution in [1.29, 1.82) is 0 Å². The zero-order chi connectivity index (χ0) is 11.5. The van der Waals surface area contributed by atoms with Gasteiger partial charge in [0, 0.05) is 23.0 Å². The van der Waals surface area contributed by atoms with E-state index < -0.39 is 0 Å². The summed E-state index contributed by atoms with van der Waals surface area (Å²) in [4.78, 5) is 14.9. The average Bonchev–Trinajstić information content (AvgIpc) is 2.30. The summed E-state index contributed by atoms with van der Waals surface area (Å²) in [5.74, 6) is 0. The summed E-state index contributed by atoms with van der Waals surface area (Å²) in [6, 6.07) is 9.68. The van der Waals surface area contributed by atoms with Crippen LogP contribution in [0.2, 0.25) is 0 Å². The summed E-state index contributed by atoms with van der Waals surface area (Å²) in [6.45, 7) is 4.00. The lowest BCUT2D eigenvalue weighted by Gasteiger charge is -2.08. The first-order valence-electron chi connectivity index (χ1n) is 5.20. The van der Waals surface area contributed by atoms with Crippen LogP contribution in [0.5, 0.6) is 0 Å². The third-order valence-corrected chi connectivity index (χ3v) is 2.68. The van der Waals surface area contributed by atoms with Crippen molar-refractivity contribution in [1.82, 2.24) is 4.98 Å². The monoisotopic (exact) mass is 211 g/mol. The van der Waals surface area contributed by atoms with Gasteiger partial charge in [-0.05, 0) is 37.1 Å². The van der Waals surface area contributed by atoms with Gasteiger partial charge in [0.1, 0.15) is 6.29 Å². The zero-order valence-electron chi connectivity index (χ0n) is 9.40. The van der Waals surface area contributed by atoms with Crippen molar-refractivity contribution in [3.8, 4) is 11.1 Å². The van der Waals surface area contributed by atoms with E-state index in [1.165, 1.54) is 0 Å². The number of pyridine rings is 1. The summed E-state index contributed by atoms with van der Waals surface area (Å²) in [5.41, 5.74) is 5.07. The molecule has 1 aromatic carbocycles. The fourth-order valence-corrected chi connectivity index (χ4v) is 1.83. The normalized spacial score (nSPS) is 10.1. The number of aromatic nitrogens is 1. The second-order valence-electron chi connectivity index (χ2n) is 3.83. The smallest absolute Gasteiger partial charge is 0.150 e. The van der Waals surface area contributed by atoms with Gasteiger partial charge < -0.3 is 0 Å². The van der Waals surface area contributed by atoms with Crippen molar-refractivity contribution < 1.29 is 4.79 Å². The molecule has 0 spiro atoms. The summed E-state index contributed by atoms with van der Waals surface area (Å²) >= 11 is 0. The number of nitrogens with zero attached hydrogens (tertiary/aromatic N) is 1. The van der Waals surface area contributed by atoms with Gasteiger partial charge in [-0.3, -0.25) is 9.78 Å². The van der Waals surface area contributed by atoms with Crippen LogP contribution in [0.4, 0.5) is 0 Å². The maximum Gasteiger partial charge on any atom is 0.150 e. The predicted molar refractivity (Wildman–Crippen MR) is 64.5 cm³/mol. The van der Waals surface area contributed by atoms with Gasteiger partial charge in [0.15, 0.2) is 0 Å². The van der Waals surface area contributed by atoms with E-state index in [9.17, 15) is 4.79 Å². The van der Waals surface area contributed by atoms with Crippen LogP contribution in [0.3, 0.4) is 0 Å². The molecule has 2 heteroatoms. The molecule has 0 amide bonds. The van der Waals surface area contributed by atoms with Gasteiger partial charge >= 0.3 is 0 Å². The summed E-state index contributed by atoms with van der Waals surface area (Å²) < 4.78 is 0. The summed E-state index contributed by atoms with van der Waals surface area (Å²) in [7, 11) is 0. The molecule has 2 nitrogen and oxygen atoms in total. The van der Waals surface area contributed by atoms with E-state index in [4.69, 9.17) is 0 Å². The van der Waals surface area contributed by atoms with Gasteiger partial charge in [0.05, 0.1) is 0 Å². The van der Waals surface area contributed by atoms with Crippen LogP contribution in [0.1, 0.15) is 21.6 Å². The Labute approximate surface area is 95.0 Å². The molecule has 0 bridgehead atoms. The van der Waals surface area contributed by atoms with Crippen LogP contribution >= 0.6 is 0 Å². The largest absolute Gasteiger partial charge is 0.298 e. The van der Waals surface area contributed by atoms with Gasteiger partial charge in [0.25, 0.3) is 0 Å². The van der Waals surface area contributed by atoms with Gasteiger partial charge in [-0.1, -0.05) is 18.2 Å². The molecule has 1 aromatic heterocycles. The summed E-state index contributed by atoms with van der Waals surface area (Å²) in [6.07, 6.45) is 2.65. The van der Waals surface area contributed by atoms with E-state index in [1.807, 2.05) is 44.2 Å². The molecule has 0 aliphatic heterocycles. The molecule has 0 atom stereocenters. The van der Waals surface area contributed by atoms with Crippen molar-refractivity contribution in [3.05, 3.63) is 53.3 Å². The molecule has 0 saturated carbocycles. The fraction of sp³-hybridized carbons (Fsp3) is 0.143. The standard InChI is InChI=1S/C14H13NO/c1-10-8-12(9-16)5-6-13(10)14-4-3-7-15-11(14)2/h3-9H,1-2H3. The minimum absolute atomic E-state index is 0.711. The molecule has 0 unspecified atom stereocenters. The van der Waals surface area contributed by atoms with Crippen molar-refractivity contribution in [2.75, 3.05) is 0 Å². The molecule has 0 aliphatic carbocycles. The van der Waals surface area contributed by atoms with Crippen molar-refractivity contribution in [2.24, 2.45) is 0 Å². The average molecular weight is 211 g/mol. The highest BCUT2D eigenvalue weighted by Gasteiger charge is 2.05. The predicted octanol–water partition coefficient (Wildman–Crippen LogP) is 3.18. The van der Waals surface area contributed by atoms with Crippen LogP contribution in [0.15, 0.2) is 36.5 Å². The number of carbonyl (C=O) groups is 1. The topological polar surface area (TPSA) is 30.0 Å². The van der Waals surface area contributed by atoms with Gasteiger partial charge in [-0.2, -0.15) is 0 Å². The highest BCUT2D eigenvalue weighted by atomic mass is 16.1. The maximum absolute atomic E-state index is 10.7. The molecular weight excluding hydrogens is 198 g/mol. The minimum Gasteiger partial charge on any atom is -0.298 e. The molecule has 16 heavy (non-hydrogen) atoms. The first kappa shape index (κ1) is 10.6. The lowest BCUT2D eigenvalue weighted by Crippen LogP contribution is -1.91. The van der Waals surface area contributed by atoms with E-state index in [2.05, 4.69) is 4.98 Å². The molecule has 0 radical (unpaired) electrons. The summed E-state index contributed by atoms with van der Waals surface area (Å²) in [5, 5.41) is 0. The van der Waals surface area contributed by atoms with Crippen LogP contribution in [0.25, 0.3) is 11.1 Å². The maximum atomic E-state index is 10.7. The van der Waals surface area contributed by atoms with Gasteiger partial charge in [0.2, 0.25) is 0 Å². The third-order valence-electron chi connectivity index (χ3n) is 2.68. The Hall–Kier alpha value is -1.96. The van der Waals surface area contributed by atoms with Crippen molar-refractivity contribution in [2.45, 2.75) is 13.8 Å². The second-order valence-corrected chi connectivity index (χ2v) is 3.83. The molecule has 1 heterocycles. The first-order chi connectivity index (χ1) is 7.72. The highest BCUT2D eigenvalue weighted by molar-refractivity contribution is 5.79. The number of rotatable bonds is 2. The number of carbonyl (C=O) groups excluding carboxylic acids is 1. The molecule has 0 aliphatic rings. The van der Waals surface area contributed by atoms with E-state index in [1.54, 1.807) is 6.20 Å². The highest BCUT2D eigenvalue weighted by Crippen LogP contribution is 2.25. The quantitative estimate of drug-likeness (QED) is 0.714. The third kappa shape index (κ3) is 1.87. The molecule has 2 aromatic rings. The Kier molecular flexibility index (Phi) is 2.82. The van der Waals surface area contributed by atoms with Crippen LogP contribution < -0.4 is 0 Å². The first-order valence-corrected chi connectivity index (χ1v) is 5.20. The van der Waals surface area contributed by atoms with Crippen LogP contribution in [0, 0.1) is 13.8 Å². The SMILES string of the molecule is Cc1cc(C=O)ccc1-c1cccnc1C. The lowest BCUT2D eigenvalue weighted by molar-refractivity contribution is 0.112. The van der Waals surface area contributed by atoms with E-state index in [-0.39, 0.29) is 0 Å². The molecular formula is C14H13NO. The number of aryl methyl sites for hydroxylation is 2. The minimum atomic E-state index is 0.711. The Morgan fingerprint density at radius 3 is 2.56 bits per heavy atom. The zero-order valence-corrected chi connectivity index (χ0v) is 9.40. The van der Waals surface area contributed by atoms with Crippen molar-refractivity contribution >= 4 is 6.29 Å². The van der Waals surface area contributed by atoms with E-state index >= 15 is 0 Å². The molecule has 0 saturated heterocycles. The van der Waals surface area contributed by atoms with E-state index in [0.29, 0.717) is 5.56 Å². The Bertz CT molecular complexity index is 532. The Morgan fingerprint density at radius 2 is 1.94 bits per heavy atom. The second kappa shape index (κ2) is 4.27. The molecule has 0 N–H and O–H groups in total. The molecule has 0 fully saturated rings. The van der Waals surface area contributed by atoms with Crippen molar-refractivity contribution in [3.63, 3.8) is 0 Å².